The van der Waals surface area contributed by atoms with Crippen molar-refractivity contribution >= 4 is 11.7 Å². The van der Waals surface area contributed by atoms with Gasteiger partial charge in [0.1, 0.15) is 17.8 Å². The van der Waals surface area contributed by atoms with Crippen LogP contribution in [-0.2, 0) is 13.0 Å². The van der Waals surface area contributed by atoms with Crippen molar-refractivity contribution in [1.29, 1.82) is 0 Å². The first-order chi connectivity index (χ1) is 13.2. The van der Waals surface area contributed by atoms with Crippen LogP contribution >= 0.6 is 0 Å². The fourth-order valence-electron chi connectivity index (χ4n) is 3.18. The van der Waals surface area contributed by atoms with Gasteiger partial charge in [0.05, 0.1) is 14.2 Å². The zero-order valence-corrected chi connectivity index (χ0v) is 16.1. The van der Waals surface area contributed by atoms with E-state index < -0.39 is 0 Å². The molecule has 1 amide bonds. The van der Waals surface area contributed by atoms with Crippen LogP contribution in [-0.4, -0.2) is 48.1 Å². The van der Waals surface area contributed by atoms with Gasteiger partial charge in [-0.05, 0) is 36.1 Å². The molecule has 0 fully saturated rings. The summed E-state index contributed by atoms with van der Waals surface area (Å²) in [7, 11) is 3.24. The van der Waals surface area contributed by atoms with Gasteiger partial charge in [-0.2, -0.15) is 0 Å². The molecule has 7 nitrogen and oxygen atoms in total. The van der Waals surface area contributed by atoms with E-state index in [1.165, 1.54) is 11.9 Å². The number of aromatic nitrogens is 2. The number of nitrogens with one attached hydrogen (secondary N) is 1. The molecule has 0 radical (unpaired) electrons. The molecule has 2 heterocycles. The number of ether oxygens (including phenoxy) is 2. The van der Waals surface area contributed by atoms with Gasteiger partial charge in [0, 0.05) is 25.7 Å². The average Bonchev–Trinajstić information content (AvgIpc) is 2.72. The van der Waals surface area contributed by atoms with Crippen molar-refractivity contribution in [2.24, 2.45) is 0 Å². The molecule has 1 aliphatic rings. The summed E-state index contributed by atoms with van der Waals surface area (Å²) in [6.07, 6.45) is 4.37. The van der Waals surface area contributed by atoms with E-state index in [2.05, 4.69) is 22.2 Å². The van der Waals surface area contributed by atoms with Crippen LogP contribution in [0, 0.1) is 0 Å². The molecule has 1 N–H and O–H groups in total. The van der Waals surface area contributed by atoms with E-state index in [0.29, 0.717) is 30.4 Å². The Labute approximate surface area is 159 Å². The number of nitrogens with zero attached hydrogens (tertiary/aromatic N) is 3. The number of carbonyl (C=O) groups excluding carboxylic acids is 1. The number of methoxy groups -OCH3 is 2. The SMILES string of the molecule is CCCCNc1cc(C(=O)N2CCc3cc(OC)c(OC)cc3C2)ncn1. The summed E-state index contributed by atoms with van der Waals surface area (Å²) in [6.45, 7) is 4.14. The van der Waals surface area contributed by atoms with Crippen molar-refractivity contribution in [2.75, 3.05) is 32.6 Å². The maximum absolute atomic E-state index is 12.9. The topological polar surface area (TPSA) is 76.6 Å². The average molecular weight is 370 g/mol. The summed E-state index contributed by atoms with van der Waals surface area (Å²) in [5, 5.41) is 3.23. The maximum atomic E-state index is 12.9. The van der Waals surface area contributed by atoms with Gasteiger partial charge in [-0.25, -0.2) is 9.97 Å². The van der Waals surface area contributed by atoms with Crippen LogP contribution in [0.1, 0.15) is 41.4 Å². The number of hydrogen-bond donors (Lipinski definition) is 1. The highest BCUT2D eigenvalue weighted by Crippen LogP contribution is 2.33. The van der Waals surface area contributed by atoms with E-state index in [0.717, 1.165) is 37.1 Å². The standard InChI is InChI=1S/C20H26N4O3/c1-4-5-7-21-19-11-16(22-13-23-19)20(25)24-8-6-14-9-17(26-2)18(27-3)10-15(14)12-24/h9-11,13H,4-8,12H2,1-3H3,(H,21,22,23). The molecule has 0 bridgehead atoms. The molecular formula is C20H26N4O3. The molecule has 0 saturated carbocycles. The van der Waals surface area contributed by atoms with Gasteiger partial charge < -0.3 is 19.7 Å². The van der Waals surface area contributed by atoms with Crippen molar-refractivity contribution in [3.8, 4) is 11.5 Å². The first-order valence-electron chi connectivity index (χ1n) is 9.25. The highest BCUT2D eigenvalue weighted by molar-refractivity contribution is 5.93. The van der Waals surface area contributed by atoms with Gasteiger partial charge in [-0.1, -0.05) is 13.3 Å². The Kier molecular flexibility index (Phi) is 6.11. The first-order valence-corrected chi connectivity index (χ1v) is 9.25. The zero-order valence-electron chi connectivity index (χ0n) is 16.1. The summed E-state index contributed by atoms with van der Waals surface area (Å²) >= 11 is 0. The minimum absolute atomic E-state index is 0.0867. The number of anilines is 1. The van der Waals surface area contributed by atoms with Crippen molar-refractivity contribution in [2.45, 2.75) is 32.7 Å². The van der Waals surface area contributed by atoms with Gasteiger partial charge in [-0.3, -0.25) is 4.79 Å². The van der Waals surface area contributed by atoms with Crippen LogP contribution in [0.2, 0.25) is 0 Å². The zero-order chi connectivity index (χ0) is 19.2. The van der Waals surface area contributed by atoms with Crippen LogP contribution < -0.4 is 14.8 Å². The smallest absolute Gasteiger partial charge is 0.272 e. The monoisotopic (exact) mass is 370 g/mol. The van der Waals surface area contributed by atoms with Crippen molar-refractivity contribution < 1.29 is 14.3 Å². The van der Waals surface area contributed by atoms with E-state index >= 15 is 0 Å². The second kappa shape index (κ2) is 8.70. The molecule has 3 rings (SSSR count). The number of carbonyl (C=O) groups is 1. The third-order valence-corrected chi connectivity index (χ3v) is 4.73. The molecule has 0 atom stereocenters. The molecule has 1 aromatic heterocycles. The Hall–Kier alpha value is -2.83. The summed E-state index contributed by atoms with van der Waals surface area (Å²) < 4.78 is 10.8. The minimum Gasteiger partial charge on any atom is -0.493 e. The third-order valence-electron chi connectivity index (χ3n) is 4.73. The van der Waals surface area contributed by atoms with Crippen molar-refractivity contribution in [1.82, 2.24) is 14.9 Å². The van der Waals surface area contributed by atoms with Crippen LogP contribution in [0.25, 0.3) is 0 Å². The quantitative estimate of drug-likeness (QED) is 0.755. The van der Waals surface area contributed by atoms with E-state index in [9.17, 15) is 4.79 Å². The molecule has 0 spiro atoms. The Morgan fingerprint density at radius 2 is 1.89 bits per heavy atom. The number of benzene rings is 1. The molecule has 7 heteroatoms. The van der Waals surface area contributed by atoms with Crippen LogP contribution in [0.5, 0.6) is 11.5 Å². The fourth-order valence-corrected chi connectivity index (χ4v) is 3.18. The summed E-state index contributed by atoms with van der Waals surface area (Å²) in [5.74, 6) is 1.99. The van der Waals surface area contributed by atoms with Crippen LogP contribution in [0.3, 0.4) is 0 Å². The molecule has 2 aromatic rings. The molecule has 0 unspecified atom stereocenters. The van der Waals surface area contributed by atoms with E-state index in [1.54, 1.807) is 20.3 Å². The lowest BCUT2D eigenvalue weighted by Gasteiger charge is -2.29. The van der Waals surface area contributed by atoms with Gasteiger partial charge >= 0.3 is 0 Å². The predicted molar refractivity (Wildman–Crippen MR) is 103 cm³/mol. The third kappa shape index (κ3) is 4.30. The van der Waals surface area contributed by atoms with Crippen LogP contribution in [0.15, 0.2) is 24.5 Å². The Bertz CT molecular complexity index is 810. The summed E-state index contributed by atoms with van der Waals surface area (Å²) in [4.78, 5) is 23.1. The fraction of sp³-hybridized carbons (Fsp3) is 0.450. The van der Waals surface area contributed by atoms with E-state index in [1.807, 2.05) is 17.0 Å². The highest BCUT2D eigenvalue weighted by Gasteiger charge is 2.24. The highest BCUT2D eigenvalue weighted by atomic mass is 16.5. The van der Waals surface area contributed by atoms with Gasteiger partial charge in [0.2, 0.25) is 0 Å². The summed E-state index contributed by atoms with van der Waals surface area (Å²) in [5.41, 5.74) is 2.66. The first kappa shape index (κ1) is 18.9. The second-order valence-corrected chi connectivity index (χ2v) is 6.52. The Morgan fingerprint density at radius 3 is 2.59 bits per heavy atom. The van der Waals surface area contributed by atoms with Gasteiger partial charge in [0.25, 0.3) is 5.91 Å². The lowest BCUT2D eigenvalue weighted by molar-refractivity contribution is 0.0728. The molecule has 1 aliphatic heterocycles. The number of unbranched alkanes of at least 4 members (excludes halogenated alkanes) is 1. The Morgan fingerprint density at radius 1 is 1.15 bits per heavy atom. The molecule has 27 heavy (non-hydrogen) atoms. The Balaban J connectivity index is 1.75. The lowest BCUT2D eigenvalue weighted by atomic mass is 9.98. The number of fused-ring (bicyclic) bond motifs is 1. The van der Waals surface area contributed by atoms with Crippen LogP contribution in [0.4, 0.5) is 5.82 Å². The number of hydrogen-bond acceptors (Lipinski definition) is 6. The van der Waals surface area contributed by atoms with Gasteiger partial charge in [0.15, 0.2) is 11.5 Å². The van der Waals surface area contributed by atoms with Crippen molar-refractivity contribution in [3.05, 3.63) is 41.3 Å². The number of rotatable bonds is 7. The molecule has 0 aliphatic carbocycles. The molecular weight excluding hydrogens is 344 g/mol. The second-order valence-electron chi connectivity index (χ2n) is 6.52. The molecule has 1 aromatic carbocycles. The minimum atomic E-state index is -0.0867. The summed E-state index contributed by atoms with van der Waals surface area (Å²) in [6, 6.07) is 5.67. The normalized spacial score (nSPS) is 13.1. The van der Waals surface area contributed by atoms with Crippen molar-refractivity contribution in [3.63, 3.8) is 0 Å². The molecule has 144 valence electrons. The maximum Gasteiger partial charge on any atom is 0.272 e. The largest absolute Gasteiger partial charge is 0.493 e. The van der Waals surface area contributed by atoms with E-state index in [4.69, 9.17) is 9.47 Å². The van der Waals surface area contributed by atoms with E-state index in [-0.39, 0.29) is 5.91 Å². The molecule has 0 saturated heterocycles. The predicted octanol–water partition coefficient (Wildman–Crippen LogP) is 2.90. The number of amides is 1. The van der Waals surface area contributed by atoms with Gasteiger partial charge in [-0.15, -0.1) is 0 Å². The lowest BCUT2D eigenvalue weighted by Crippen LogP contribution is -2.36.